The van der Waals surface area contributed by atoms with Gasteiger partial charge in [0.15, 0.2) is 5.65 Å². The lowest BCUT2D eigenvalue weighted by molar-refractivity contribution is -0.134. The van der Waals surface area contributed by atoms with Crippen LogP contribution in [0.25, 0.3) is 28.1 Å². The molecule has 176 valence electrons. The van der Waals surface area contributed by atoms with Crippen molar-refractivity contribution in [2.75, 3.05) is 7.11 Å². The minimum Gasteiger partial charge on any atom is -0.466 e. The van der Waals surface area contributed by atoms with Crippen LogP contribution >= 0.6 is 0 Å². The van der Waals surface area contributed by atoms with E-state index in [1.807, 2.05) is 65.0 Å². The molecule has 34 heavy (non-hydrogen) atoms. The van der Waals surface area contributed by atoms with Gasteiger partial charge in [-0.3, -0.25) is 0 Å². The van der Waals surface area contributed by atoms with Crippen LogP contribution in [0.4, 0.5) is 4.79 Å². The van der Waals surface area contributed by atoms with Gasteiger partial charge in [0.25, 0.3) is 0 Å². The first-order chi connectivity index (χ1) is 16.1. The Balaban J connectivity index is 1.77. The number of carbonyl (C=O) groups is 2. The van der Waals surface area contributed by atoms with E-state index in [0.29, 0.717) is 17.8 Å². The summed E-state index contributed by atoms with van der Waals surface area (Å²) in [5, 5.41) is 0.846. The highest BCUT2D eigenvalue weighted by atomic mass is 16.6. The third kappa shape index (κ3) is 4.57. The van der Waals surface area contributed by atoms with Gasteiger partial charge in [0.05, 0.1) is 24.9 Å². The summed E-state index contributed by atoms with van der Waals surface area (Å²) in [6.07, 6.45) is 4.11. The van der Waals surface area contributed by atoms with E-state index in [-0.39, 0.29) is 0 Å². The van der Waals surface area contributed by atoms with E-state index < -0.39 is 17.7 Å². The van der Waals surface area contributed by atoms with E-state index in [2.05, 4.69) is 14.5 Å². The second kappa shape index (κ2) is 8.78. The summed E-state index contributed by atoms with van der Waals surface area (Å²) < 4.78 is 13.8. The van der Waals surface area contributed by atoms with E-state index in [1.54, 1.807) is 12.3 Å². The number of aromatic nitrogens is 4. The number of fused-ring (bicyclic) bond motifs is 2. The topological polar surface area (TPSA) is 88.2 Å². The van der Waals surface area contributed by atoms with Gasteiger partial charge in [-0.05, 0) is 76.1 Å². The minimum atomic E-state index is -0.665. The highest BCUT2D eigenvalue weighted by Gasteiger charge is 2.22. The van der Waals surface area contributed by atoms with Crippen molar-refractivity contribution in [2.45, 2.75) is 46.8 Å². The fraction of sp³-hybridized carbons (Fsp3) is 0.308. The molecule has 0 unspecified atom stereocenters. The van der Waals surface area contributed by atoms with Crippen molar-refractivity contribution in [2.24, 2.45) is 0 Å². The predicted octanol–water partition coefficient (Wildman–Crippen LogP) is 5.02. The second-order valence-corrected chi connectivity index (χ2v) is 9.18. The average molecular weight is 461 g/mol. The van der Waals surface area contributed by atoms with Crippen molar-refractivity contribution in [3.8, 4) is 0 Å². The van der Waals surface area contributed by atoms with E-state index in [4.69, 9.17) is 9.47 Å². The number of esters is 1. The largest absolute Gasteiger partial charge is 0.466 e. The fourth-order valence-electron chi connectivity index (χ4n) is 3.86. The number of imidazole rings is 1. The number of aryl methyl sites for hydroxylation is 2. The van der Waals surface area contributed by atoms with Crippen LogP contribution in [0.2, 0.25) is 0 Å². The van der Waals surface area contributed by atoms with E-state index in [1.165, 1.54) is 17.8 Å². The molecule has 0 atom stereocenters. The van der Waals surface area contributed by atoms with Crippen molar-refractivity contribution in [1.29, 1.82) is 0 Å². The Morgan fingerprint density at radius 2 is 1.88 bits per heavy atom. The maximum Gasteiger partial charge on any atom is 0.419 e. The van der Waals surface area contributed by atoms with Crippen LogP contribution in [-0.4, -0.2) is 43.9 Å². The maximum absolute atomic E-state index is 13.0. The normalized spacial score (nSPS) is 12.1. The number of carbonyl (C=O) groups excluding carboxylic acids is 2. The number of ether oxygens (including phenoxy) is 2. The van der Waals surface area contributed by atoms with E-state index in [0.717, 1.165) is 33.5 Å². The molecule has 3 aromatic heterocycles. The van der Waals surface area contributed by atoms with Crippen LogP contribution in [0.3, 0.4) is 0 Å². The van der Waals surface area contributed by atoms with Crippen LogP contribution in [-0.2, 0) is 20.8 Å². The van der Waals surface area contributed by atoms with Crippen molar-refractivity contribution in [1.82, 2.24) is 19.1 Å². The van der Waals surface area contributed by atoms with Crippen LogP contribution in [0.1, 0.15) is 43.4 Å². The quantitative estimate of drug-likeness (QED) is 0.314. The molecule has 0 bridgehead atoms. The standard InChI is InChI=1S/C26H28N4O4/c1-16-11-12-27-24-23(16)28-17(2)29(24)15-18-7-9-21-19(13-18)14-20(8-10-22(31)33-6)30(21)25(32)34-26(3,4)5/h7-14H,15H2,1-6H3. The van der Waals surface area contributed by atoms with E-state index in [9.17, 15) is 9.59 Å². The molecule has 0 saturated heterocycles. The van der Waals surface area contributed by atoms with Crippen molar-refractivity contribution >= 4 is 40.2 Å². The van der Waals surface area contributed by atoms with Gasteiger partial charge < -0.3 is 14.0 Å². The molecule has 0 aliphatic heterocycles. The molecular weight excluding hydrogens is 432 g/mol. The summed E-state index contributed by atoms with van der Waals surface area (Å²) in [7, 11) is 1.31. The van der Waals surface area contributed by atoms with Crippen LogP contribution in [0.15, 0.2) is 42.6 Å². The minimum absolute atomic E-state index is 0.507. The molecule has 8 nitrogen and oxygen atoms in total. The Labute approximate surface area is 197 Å². The van der Waals surface area contributed by atoms with Gasteiger partial charge in [-0.15, -0.1) is 0 Å². The van der Waals surface area contributed by atoms with Gasteiger partial charge in [0.1, 0.15) is 16.9 Å². The Bertz CT molecular complexity index is 1440. The Morgan fingerprint density at radius 1 is 1.12 bits per heavy atom. The molecule has 0 radical (unpaired) electrons. The van der Waals surface area contributed by atoms with E-state index >= 15 is 0 Å². The molecule has 1 aromatic carbocycles. The number of nitrogens with zero attached hydrogens (tertiary/aromatic N) is 4. The monoisotopic (exact) mass is 460 g/mol. The van der Waals surface area contributed by atoms with Crippen molar-refractivity contribution < 1.29 is 19.1 Å². The summed E-state index contributed by atoms with van der Waals surface area (Å²) in [6, 6.07) is 9.68. The highest BCUT2D eigenvalue weighted by Crippen LogP contribution is 2.26. The SMILES string of the molecule is COC(=O)C=Cc1cc2cc(Cn3c(C)nc4c(C)ccnc43)ccc2n1C(=O)OC(C)(C)C. The van der Waals surface area contributed by atoms with Crippen molar-refractivity contribution in [3.05, 3.63) is 65.2 Å². The van der Waals surface area contributed by atoms with Gasteiger partial charge in [-0.25, -0.2) is 24.1 Å². The summed E-state index contributed by atoms with van der Waals surface area (Å²) in [5.41, 5.74) is 4.39. The lowest BCUT2D eigenvalue weighted by atomic mass is 10.1. The molecule has 0 fully saturated rings. The summed E-state index contributed by atoms with van der Waals surface area (Å²) >= 11 is 0. The molecule has 4 rings (SSSR count). The number of methoxy groups -OCH3 is 1. The molecule has 0 aliphatic rings. The number of benzene rings is 1. The van der Waals surface area contributed by atoms with Gasteiger partial charge in [0.2, 0.25) is 0 Å². The molecular formula is C26H28N4O4. The summed E-state index contributed by atoms with van der Waals surface area (Å²) in [6.45, 7) is 10.0. The Morgan fingerprint density at radius 3 is 2.59 bits per heavy atom. The number of hydrogen-bond donors (Lipinski definition) is 0. The molecule has 3 heterocycles. The summed E-state index contributed by atoms with van der Waals surface area (Å²) in [4.78, 5) is 33.9. The first-order valence-corrected chi connectivity index (χ1v) is 11.0. The molecule has 0 aliphatic carbocycles. The van der Waals surface area contributed by atoms with Gasteiger partial charge in [-0.1, -0.05) is 6.07 Å². The van der Waals surface area contributed by atoms with Crippen LogP contribution in [0.5, 0.6) is 0 Å². The first kappa shape index (κ1) is 23.2. The zero-order chi connectivity index (χ0) is 24.6. The highest BCUT2D eigenvalue weighted by molar-refractivity contribution is 5.95. The average Bonchev–Trinajstić information content (AvgIpc) is 3.29. The molecule has 0 spiro atoms. The van der Waals surface area contributed by atoms with Crippen LogP contribution < -0.4 is 0 Å². The lowest BCUT2D eigenvalue weighted by Crippen LogP contribution is -2.27. The molecule has 8 heteroatoms. The zero-order valence-electron chi connectivity index (χ0n) is 20.2. The molecule has 0 N–H and O–H groups in total. The third-order valence-electron chi connectivity index (χ3n) is 5.43. The molecule has 0 saturated carbocycles. The Hall–Kier alpha value is -3.94. The van der Waals surface area contributed by atoms with Crippen molar-refractivity contribution in [3.63, 3.8) is 0 Å². The fourth-order valence-corrected chi connectivity index (χ4v) is 3.86. The third-order valence-corrected chi connectivity index (χ3v) is 5.43. The second-order valence-electron chi connectivity index (χ2n) is 9.18. The smallest absolute Gasteiger partial charge is 0.419 e. The zero-order valence-corrected chi connectivity index (χ0v) is 20.2. The van der Waals surface area contributed by atoms with Gasteiger partial charge >= 0.3 is 12.1 Å². The number of pyridine rings is 1. The van der Waals surface area contributed by atoms with Crippen LogP contribution in [0, 0.1) is 13.8 Å². The first-order valence-electron chi connectivity index (χ1n) is 11.0. The predicted molar refractivity (Wildman–Crippen MR) is 131 cm³/mol. The molecule has 4 aromatic rings. The Kier molecular flexibility index (Phi) is 6.00. The lowest BCUT2D eigenvalue weighted by Gasteiger charge is -2.20. The van der Waals surface area contributed by atoms with Gasteiger partial charge in [-0.2, -0.15) is 0 Å². The summed E-state index contributed by atoms with van der Waals surface area (Å²) in [5.74, 6) is 0.372. The number of hydrogen-bond acceptors (Lipinski definition) is 6. The maximum atomic E-state index is 13.0. The van der Waals surface area contributed by atoms with Gasteiger partial charge in [0, 0.05) is 17.7 Å². The molecule has 0 amide bonds. The number of rotatable bonds is 4.